The summed E-state index contributed by atoms with van der Waals surface area (Å²) >= 11 is 0. The number of aliphatic hydroxyl groups is 3. The van der Waals surface area contributed by atoms with Crippen molar-refractivity contribution in [3.63, 3.8) is 0 Å². The number of carboxylic acids is 2. The number of aromatic nitrogens is 1. The predicted molar refractivity (Wildman–Crippen MR) is 392 cm³/mol. The Kier molecular flexibility index (Phi) is 36.3. The molecule has 0 saturated carbocycles. The van der Waals surface area contributed by atoms with Gasteiger partial charge in [-0.1, -0.05) is 116 Å². The topological polar surface area (TPSA) is 598 Å². The zero-order valence-electron chi connectivity index (χ0n) is 60.1. The summed E-state index contributed by atoms with van der Waals surface area (Å²) < 4.78 is 0. The maximum absolute atomic E-state index is 15.2. The normalized spacial score (nSPS) is 14.8. The van der Waals surface area contributed by atoms with Gasteiger partial charge in [0.15, 0.2) is 0 Å². The molecule has 4 aromatic carbocycles. The van der Waals surface area contributed by atoms with Gasteiger partial charge in [-0.3, -0.25) is 67.2 Å². The summed E-state index contributed by atoms with van der Waals surface area (Å²) in [6.07, 6.45) is -4.26. The standard InChI is InChI=1S/C73H100N16O19/c1-41(91)61(71(105)85-53(35-45-23-10-5-11-24-45)69(103)88-62(42(2)92)72(106)89(59(94)29-18-32-76)57(40-90)70(104)86-56(73(107)108)38-60(95)96)87-64(98)50(28-15-17-31-75)80-67(101)54(36-46-39-79-49-27-13-12-25-47(46)49)84-66(100)52(34-44-21-8-4-9-22-44)82-65(99)51(33-43-19-6-3-7-20-43)83-68(102)55(37-58(78)93)81-63(97)48(77)26-14-16-30-74/h3-13,19-25,27,39,41-42,48,50-57,61-62,79,90-92H,14-18,26,28-38,40,74-77H2,1-2H3,(H2,78,93)(H,80,101)(H,81,97)(H,82,99)(H,83,102)(H,84,100)(H,85,105)(H,86,104)(H,87,98)(H,88,103)(H,95,96)(H,107,108)/t41-,42-,48+,50+,51+,52+,53+,54+,55+,56+,57+,61+,62+/m1/s1. The minimum atomic E-state index is -2.28. The number of amides is 12. The summed E-state index contributed by atoms with van der Waals surface area (Å²) in [5, 5.41) is 74.9. The lowest BCUT2D eigenvalue weighted by atomic mass is 10.00. The highest BCUT2D eigenvalue weighted by Crippen LogP contribution is 2.21. The van der Waals surface area contributed by atoms with Crippen LogP contribution >= 0.6 is 0 Å². The lowest BCUT2D eigenvalue weighted by Gasteiger charge is -2.33. The highest BCUT2D eigenvalue weighted by molar-refractivity contribution is 6.05. The van der Waals surface area contributed by atoms with Gasteiger partial charge < -0.3 is 107 Å². The quantitative estimate of drug-likeness (QED) is 0.0165. The van der Waals surface area contributed by atoms with E-state index in [4.69, 9.17) is 28.7 Å². The van der Waals surface area contributed by atoms with E-state index in [2.05, 4.69) is 47.5 Å². The third-order valence-corrected chi connectivity index (χ3v) is 17.4. The molecular formula is C73H100N16O19. The van der Waals surface area contributed by atoms with E-state index < -0.39 is 194 Å². The number of rotatable bonds is 47. The second-order valence-electron chi connectivity index (χ2n) is 26.0. The van der Waals surface area contributed by atoms with Crippen molar-refractivity contribution >= 4 is 93.7 Å². The van der Waals surface area contributed by atoms with Gasteiger partial charge in [0.2, 0.25) is 65.0 Å². The lowest BCUT2D eigenvalue weighted by molar-refractivity contribution is -0.158. The molecule has 0 radical (unpaired) electrons. The smallest absolute Gasteiger partial charge is 0.326 e. The first-order valence-corrected chi connectivity index (χ1v) is 35.3. The number of para-hydroxylation sites is 1. The number of nitrogens with one attached hydrogen (secondary N) is 10. The molecule has 1 heterocycles. The SMILES string of the molecule is C[C@@H](O)[C@H](NC(=O)[C@H](CCCCN)NC(=O)[C@H](Cc1c[nH]c2ccccc12)NC(=O)[C@H](Cc1ccccc1)NC(=O)[C@H](Cc1ccccc1)NC(=O)[C@H](CC(N)=O)NC(=O)[C@@H](N)CCCCN)C(=O)N[C@@H](Cc1ccccc1)C(=O)N[C@H](C(=O)N(C(=O)CCCN)[C@@H](CO)C(=O)N[C@@H](CC(=O)O)C(=O)O)[C@@H](C)O. The molecule has 0 aliphatic heterocycles. The summed E-state index contributed by atoms with van der Waals surface area (Å²) in [4.78, 5) is 198. The number of carbonyl (C=O) groups is 14. The molecule has 0 spiro atoms. The van der Waals surface area contributed by atoms with Crippen LogP contribution in [-0.4, -0.2) is 223 Å². The number of fused-ring (bicyclic) bond motifs is 1. The van der Waals surface area contributed by atoms with Crippen LogP contribution in [0.3, 0.4) is 0 Å². The maximum Gasteiger partial charge on any atom is 0.326 e. The van der Waals surface area contributed by atoms with Crippen molar-refractivity contribution in [2.24, 2.45) is 28.7 Å². The number of nitrogens with zero attached hydrogens (tertiary/aromatic N) is 1. The number of unbranched alkanes of at least 4 members (excludes halogenated alkanes) is 2. The number of imide groups is 1. The molecule has 0 bridgehead atoms. The zero-order chi connectivity index (χ0) is 79.6. The molecule has 13 atom stereocenters. The van der Waals surface area contributed by atoms with Gasteiger partial charge in [-0.25, -0.2) is 4.79 Å². The number of nitrogens with two attached hydrogens (primary N) is 5. The van der Waals surface area contributed by atoms with Crippen LogP contribution in [0.4, 0.5) is 0 Å². The number of aliphatic carboxylic acids is 2. The lowest BCUT2D eigenvalue weighted by Crippen LogP contribution is -2.64. The fourth-order valence-electron chi connectivity index (χ4n) is 11.5. The number of hydrogen-bond donors (Lipinski definition) is 20. The number of primary amides is 1. The van der Waals surface area contributed by atoms with E-state index in [1.165, 1.54) is 0 Å². The van der Waals surface area contributed by atoms with Gasteiger partial charge in [-0.2, -0.15) is 0 Å². The Labute approximate surface area is 622 Å². The Morgan fingerprint density at radius 1 is 0.444 bits per heavy atom. The molecule has 35 heteroatoms. The number of carboxylic acid groups (broad SMARTS) is 2. The Morgan fingerprint density at radius 3 is 1.31 bits per heavy atom. The number of aliphatic hydroxyl groups excluding tert-OH is 3. The summed E-state index contributed by atoms with van der Waals surface area (Å²) in [7, 11) is 0. The molecule has 108 heavy (non-hydrogen) atoms. The Bertz CT molecular complexity index is 3850. The second-order valence-corrected chi connectivity index (χ2v) is 26.0. The third-order valence-electron chi connectivity index (χ3n) is 17.4. The molecule has 35 nitrogen and oxygen atoms in total. The monoisotopic (exact) mass is 1500 g/mol. The van der Waals surface area contributed by atoms with E-state index in [0.29, 0.717) is 59.0 Å². The van der Waals surface area contributed by atoms with Crippen molar-refractivity contribution in [3.8, 4) is 0 Å². The summed E-state index contributed by atoms with van der Waals surface area (Å²) in [5.74, 6) is -16.9. The van der Waals surface area contributed by atoms with Gasteiger partial charge in [0.05, 0.1) is 37.7 Å². The molecular weight excluding hydrogens is 1400 g/mol. The summed E-state index contributed by atoms with van der Waals surface area (Å²) in [5.41, 5.74) is 31.4. The van der Waals surface area contributed by atoms with Gasteiger partial charge >= 0.3 is 11.9 Å². The Morgan fingerprint density at radius 2 is 0.852 bits per heavy atom. The summed E-state index contributed by atoms with van der Waals surface area (Å²) in [6.45, 7) is 1.06. The van der Waals surface area contributed by atoms with Crippen LogP contribution < -0.4 is 76.5 Å². The molecule has 12 amide bonds. The molecule has 0 aliphatic carbocycles. The molecule has 25 N–H and O–H groups in total. The van der Waals surface area contributed by atoms with Crippen molar-refractivity contribution in [2.75, 3.05) is 26.2 Å². The molecule has 5 aromatic rings. The fraction of sp³-hybridized carbons (Fsp3) is 0.452. The largest absolute Gasteiger partial charge is 0.481 e. The van der Waals surface area contributed by atoms with Gasteiger partial charge in [0, 0.05) is 49.2 Å². The number of benzene rings is 4. The van der Waals surface area contributed by atoms with Crippen LogP contribution in [0.2, 0.25) is 0 Å². The number of H-pyrrole nitrogens is 1. The van der Waals surface area contributed by atoms with E-state index in [0.717, 1.165) is 13.8 Å². The molecule has 586 valence electrons. The second kappa shape index (κ2) is 44.8. The predicted octanol–water partition coefficient (Wildman–Crippen LogP) is -3.96. The van der Waals surface area contributed by atoms with Gasteiger partial charge in [-0.15, -0.1) is 0 Å². The number of hydrogen-bond acceptors (Lipinski definition) is 21. The third kappa shape index (κ3) is 28.0. The van der Waals surface area contributed by atoms with Gasteiger partial charge in [-0.05, 0) is 100 Å². The first kappa shape index (κ1) is 87.6. The van der Waals surface area contributed by atoms with Crippen LogP contribution in [0.15, 0.2) is 121 Å². The molecule has 0 unspecified atom stereocenters. The van der Waals surface area contributed by atoms with Crippen molar-refractivity contribution in [2.45, 2.75) is 182 Å². The highest BCUT2D eigenvalue weighted by atomic mass is 16.4. The molecule has 0 fully saturated rings. The van der Waals surface area contributed by atoms with Crippen LogP contribution in [-0.2, 0) is 92.8 Å². The van der Waals surface area contributed by atoms with Crippen molar-refractivity contribution < 1.29 is 92.7 Å². The van der Waals surface area contributed by atoms with Crippen molar-refractivity contribution in [1.29, 1.82) is 0 Å². The van der Waals surface area contributed by atoms with Crippen molar-refractivity contribution in [3.05, 3.63) is 144 Å². The number of aromatic amines is 1. The van der Waals surface area contributed by atoms with Crippen LogP contribution in [0.25, 0.3) is 10.9 Å². The average molecular weight is 1510 g/mol. The van der Waals surface area contributed by atoms with E-state index in [-0.39, 0.29) is 62.9 Å². The highest BCUT2D eigenvalue weighted by Gasteiger charge is 2.43. The maximum atomic E-state index is 15.2. The summed E-state index contributed by atoms with van der Waals surface area (Å²) in [6, 6.07) is 12.4. The van der Waals surface area contributed by atoms with E-state index in [1.807, 2.05) is 5.32 Å². The van der Waals surface area contributed by atoms with Crippen LogP contribution in [0, 0.1) is 0 Å². The average Bonchev–Trinajstić information content (AvgIpc) is 1.49. The molecule has 0 saturated heterocycles. The van der Waals surface area contributed by atoms with E-state index >= 15 is 9.59 Å². The van der Waals surface area contributed by atoms with Crippen molar-refractivity contribution in [1.82, 2.24) is 57.7 Å². The van der Waals surface area contributed by atoms with Gasteiger partial charge in [0.25, 0.3) is 5.91 Å². The van der Waals surface area contributed by atoms with Gasteiger partial charge in [0.1, 0.15) is 60.4 Å². The Hall–Kier alpha value is -11.1. The molecule has 0 aliphatic rings. The molecule has 5 rings (SSSR count). The van der Waals surface area contributed by atoms with Crippen LogP contribution in [0.5, 0.6) is 0 Å². The Balaban J connectivity index is 1.49. The minimum absolute atomic E-state index is 0.117. The minimum Gasteiger partial charge on any atom is -0.481 e. The zero-order valence-corrected chi connectivity index (χ0v) is 60.1. The van der Waals surface area contributed by atoms with E-state index in [9.17, 15) is 83.1 Å². The first-order chi connectivity index (χ1) is 51.5. The fourth-order valence-corrected chi connectivity index (χ4v) is 11.5. The first-order valence-electron chi connectivity index (χ1n) is 35.3. The van der Waals surface area contributed by atoms with Crippen LogP contribution in [0.1, 0.15) is 100 Å². The molecule has 1 aromatic heterocycles. The number of carbonyl (C=O) groups excluding carboxylic acids is 12. The van der Waals surface area contributed by atoms with E-state index in [1.54, 1.807) is 121 Å².